The fraction of sp³-hybridized carbons (Fsp3) is 0.273. The van der Waals surface area contributed by atoms with Crippen molar-refractivity contribution in [2.45, 2.75) is 24.9 Å². The lowest BCUT2D eigenvalue weighted by Crippen LogP contribution is -2.27. The Morgan fingerprint density at radius 2 is 2.09 bits per heavy atom. The minimum Gasteiger partial charge on any atom is -0.436 e. The molecule has 4 N–H and O–H groups in total. The maximum absolute atomic E-state index is 10.9. The van der Waals surface area contributed by atoms with Gasteiger partial charge in [-0.1, -0.05) is 30.3 Å². The SMILES string of the molecule is Nc1ncnc2c1ncn2C1CC(O)C(COP(NCC=O)Oc2ccc3ccccc3c2)O1. The number of hydrogen-bond acceptors (Lipinski definition) is 10. The maximum atomic E-state index is 10.9. The minimum absolute atomic E-state index is 0.0621. The van der Waals surface area contributed by atoms with Gasteiger partial charge in [0.15, 0.2) is 11.5 Å². The molecule has 0 aliphatic carbocycles. The summed E-state index contributed by atoms with van der Waals surface area (Å²) in [5.74, 6) is 0.885. The average Bonchev–Trinajstić information content (AvgIpc) is 3.45. The highest BCUT2D eigenvalue weighted by Crippen LogP contribution is 2.38. The molecule has 3 heterocycles. The third-order valence-corrected chi connectivity index (χ3v) is 6.67. The molecule has 0 radical (unpaired) electrons. The van der Waals surface area contributed by atoms with Crippen molar-refractivity contribution in [2.24, 2.45) is 0 Å². The van der Waals surface area contributed by atoms with Crippen LogP contribution < -0.4 is 15.3 Å². The number of ether oxygens (including phenoxy) is 1. The van der Waals surface area contributed by atoms with E-state index in [4.69, 9.17) is 19.5 Å². The molecule has 0 saturated carbocycles. The number of aliphatic hydroxyl groups excluding tert-OH is 1. The number of aldehydes is 1. The van der Waals surface area contributed by atoms with E-state index < -0.39 is 27.0 Å². The number of fused-ring (bicyclic) bond motifs is 2. The van der Waals surface area contributed by atoms with Crippen molar-refractivity contribution in [1.82, 2.24) is 24.6 Å². The number of nitrogens with one attached hydrogen (secondary N) is 1. The molecule has 1 aliphatic rings. The molecule has 12 heteroatoms. The summed E-state index contributed by atoms with van der Waals surface area (Å²) >= 11 is 0. The summed E-state index contributed by atoms with van der Waals surface area (Å²) < 4.78 is 19.6. The van der Waals surface area contributed by atoms with Crippen LogP contribution in [0.4, 0.5) is 5.82 Å². The lowest BCUT2D eigenvalue weighted by Gasteiger charge is -2.21. The average molecular weight is 482 g/mol. The summed E-state index contributed by atoms with van der Waals surface area (Å²) in [6.45, 7) is 0.130. The highest BCUT2D eigenvalue weighted by molar-refractivity contribution is 7.45. The number of hydrogen-bond donors (Lipinski definition) is 3. The predicted molar refractivity (Wildman–Crippen MR) is 126 cm³/mol. The Morgan fingerprint density at radius 3 is 2.94 bits per heavy atom. The number of carbonyl (C=O) groups is 1. The second-order valence-electron chi connectivity index (χ2n) is 7.70. The molecule has 5 rings (SSSR count). The van der Waals surface area contributed by atoms with E-state index in [9.17, 15) is 9.90 Å². The number of anilines is 1. The predicted octanol–water partition coefficient (Wildman–Crippen LogP) is 2.32. The number of carbonyl (C=O) groups excluding carboxylic acids is 1. The lowest BCUT2D eigenvalue weighted by atomic mass is 10.1. The molecule has 4 aromatic rings. The van der Waals surface area contributed by atoms with Gasteiger partial charge in [-0.3, -0.25) is 4.57 Å². The lowest BCUT2D eigenvalue weighted by molar-refractivity contribution is -0.107. The van der Waals surface area contributed by atoms with Crippen molar-refractivity contribution in [3.63, 3.8) is 0 Å². The summed E-state index contributed by atoms with van der Waals surface area (Å²) in [6.07, 6.45) is 2.12. The summed E-state index contributed by atoms with van der Waals surface area (Å²) in [5.41, 5.74) is 6.86. The van der Waals surface area contributed by atoms with Crippen LogP contribution >= 0.6 is 8.53 Å². The second-order valence-corrected chi connectivity index (χ2v) is 8.97. The topological polar surface area (TPSA) is 147 Å². The Kier molecular flexibility index (Phi) is 6.61. The van der Waals surface area contributed by atoms with Crippen molar-refractivity contribution in [1.29, 1.82) is 0 Å². The summed E-state index contributed by atoms with van der Waals surface area (Å²) in [4.78, 5) is 23.3. The van der Waals surface area contributed by atoms with Gasteiger partial charge >= 0.3 is 8.53 Å². The van der Waals surface area contributed by atoms with E-state index in [0.29, 0.717) is 23.3 Å². The number of aliphatic hydroxyl groups is 1. The molecule has 0 amide bonds. The molecule has 34 heavy (non-hydrogen) atoms. The quantitative estimate of drug-likeness (QED) is 0.240. The molecule has 2 aromatic heterocycles. The van der Waals surface area contributed by atoms with Crippen LogP contribution in [0.5, 0.6) is 5.75 Å². The van der Waals surface area contributed by atoms with Gasteiger partial charge in [0.1, 0.15) is 36.2 Å². The molecule has 1 aliphatic heterocycles. The van der Waals surface area contributed by atoms with Crippen LogP contribution in [-0.2, 0) is 14.1 Å². The van der Waals surface area contributed by atoms with E-state index in [2.05, 4.69) is 20.0 Å². The van der Waals surface area contributed by atoms with Gasteiger partial charge in [-0.2, -0.15) is 0 Å². The van der Waals surface area contributed by atoms with E-state index >= 15 is 0 Å². The zero-order chi connectivity index (χ0) is 23.5. The first-order chi connectivity index (χ1) is 16.6. The molecule has 176 valence electrons. The van der Waals surface area contributed by atoms with Gasteiger partial charge in [0.2, 0.25) is 0 Å². The van der Waals surface area contributed by atoms with E-state index in [0.717, 1.165) is 17.1 Å². The number of benzene rings is 2. The molecule has 4 unspecified atom stereocenters. The molecule has 4 atom stereocenters. The van der Waals surface area contributed by atoms with Crippen LogP contribution in [-0.4, -0.2) is 56.3 Å². The van der Waals surface area contributed by atoms with Crippen molar-refractivity contribution >= 4 is 42.6 Å². The molecular formula is C22H23N6O5P. The Bertz CT molecular complexity index is 1300. The highest BCUT2D eigenvalue weighted by atomic mass is 31.2. The van der Waals surface area contributed by atoms with Crippen molar-refractivity contribution in [2.75, 3.05) is 18.9 Å². The smallest absolute Gasteiger partial charge is 0.318 e. The first-order valence-corrected chi connectivity index (χ1v) is 11.8. The Morgan fingerprint density at radius 1 is 1.24 bits per heavy atom. The van der Waals surface area contributed by atoms with Crippen molar-refractivity contribution < 1.29 is 23.7 Å². The van der Waals surface area contributed by atoms with Gasteiger partial charge in [0.25, 0.3) is 0 Å². The summed E-state index contributed by atoms with van der Waals surface area (Å²) in [5, 5.41) is 15.6. The summed E-state index contributed by atoms with van der Waals surface area (Å²) in [7, 11) is -1.65. The third kappa shape index (κ3) is 4.70. The molecular weight excluding hydrogens is 459 g/mol. The van der Waals surface area contributed by atoms with Crippen LogP contribution in [0, 0.1) is 0 Å². The first kappa shape index (κ1) is 22.6. The standard InChI is InChI=1S/C22H23N6O5P/c23-21-20-22(25-12-24-21)28(13-26-20)19-10-17(30)18(32-19)11-31-34(27-7-8-29)33-16-6-5-14-3-1-2-4-15(14)9-16/h1-6,8-9,12-13,17-19,27,30H,7,10-11H2,(H2,23,24,25). The third-order valence-electron chi connectivity index (χ3n) is 5.47. The van der Waals surface area contributed by atoms with E-state index in [1.54, 1.807) is 10.9 Å². The monoisotopic (exact) mass is 482 g/mol. The number of nitrogen functional groups attached to an aromatic ring is 1. The van der Waals surface area contributed by atoms with Gasteiger partial charge in [0.05, 0.1) is 25.6 Å². The fourth-order valence-corrected chi connectivity index (χ4v) is 4.81. The maximum Gasteiger partial charge on any atom is 0.318 e. The second kappa shape index (κ2) is 9.96. The Hall–Kier alpha value is -3.21. The van der Waals surface area contributed by atoms with Crippen LogP contribution in [0.25, 0.3) is 21.9 Å². The van der Waals surface area contributed by atoms with Gasteiger partial charge < -0.3 is 29.4 Å². The number of nitrogens with zero attached hydrogens (tertiary/aromatic N) is 4. The van der Waals surface area contributed by atoms with Crippen LogP contribution in [0.3, 0.4) is 0 Å². The largest absolute Gasteiger partial charge is 0.436 e. The van der Waals surface area contributed by atoms with Crippen LogP contribution in [0.2, 0.25) is 0 Å². The first-order valence-electron chi connectivity index (χ1n) is 10.7. The Balaban J connectivity index is 1.25. The van der Waals surface area contributed by atoms with Crippen molar-refractivity contribution in [3.05, 3.63) is 55.1 Å². The number of aromatic nitrogens is 4. The minimum atomic E-state index is -1.65. The molecule has 2 aromatic carbocycles. The zero-order valence-electron chi connectivity index (χ0n) is 18.0. The van der Waals surface area contributed by atoms with E-state index in [1.165, 1.54) is 6.33 Å². The number of nitrogens with two attached hydrogens (primary N) is 1. The molecule has 1 saturated heterocycles. The number of rotatable bonds is 9. The normalized spacial score (nSPS) is 21.1. The molecule has 1 fully saturated rings. The van der Waals surface area contributed by atoms with Crippen molar-refractivity contribution in [3.8, 4) is 5.75 Å². The molecule has 11 nitrogen and oxygen atoms in total. The number of imidazole rings is 1. The summed E-state index contributed by atoms with van der Waals surface area (Å²) in [6, 6.07) is 13.6. The van der Waals surface area contributed by atoms with Gasteiger partial charge in [-0.25, -0.2) is 20.0 Å². The fourth-order valence-electron chi connectivity index (χ4n) is 3.79. The highest BCUT2D eigenvalue weighted by Gasteiger charge is 2.37. The van der Waals surface area contributed by atoms with Gasteiger partial charge in [0, 0.05) is 6.42 Å². The molecule has 0 spiro atoms. The van der Waals surface area contributed by atoms with E-state index in [1.807, 2.05) is 42.5 Å². The van der Waals surface area contributed by atoms with Crippen LogP contribution in [0.15, 0.2) is 55.1 Å². The van der Waals surface area contributed by atoms with Gasteiger partial charge in [-0.05, 0) is 22.9 Å². The molecule has 0 bridgehead atoms. The zero-order valence-corrected chi connectivity index (χ0v) is 18.9. The van der Waals surface area contributed by atoms with Crippen LogP contribution in [0.1, 0.15) is 12.6 Å². The van der Waals surface area contributed by atoms with Gasteiger partial charge in [-0.15, -0.1) is 0 Å². The Labute approximate surface area is 195 Å². The van der Waals surface area contributed by atoms with E-state index in [-0.39, 0.29) is 19.0 Å².